The van der Waals surface area contributed by atoms with E-state index in [9.17, 15) is 4.79 Å². The summed E-state index contributed by atoms with van der Waals surface area (Å²) in [6.07, 6.45) is 4.10. The summed E-state index contributed by atoms with van der Waals surface area (Å²) in [4.78, 5) is 15.3. The summed E-state index contributed by atoms with van der Waals surface area (Å²) < 4.78 is 0. The number of fused-ring (bicyclic) bond motifs is 1. The van der Waals surface area contributed by atoms with Crippen molar-refractivity contribution in [1.29, 1.82) is 0 Å². The molecule has 0 saturated carbocycles. The van der Waals surface area contributed by atoms with Gasteiger partial charge in [0.25, 0.3) is 0 Å². The molecule has 5 heteroatoms. The number of carbonyl (C=O) groups excluding carboxylic acids is 1. The first kappa shape index (κ1) is 15.9. The van der Waals surface area contributed by atoms with Crippen LogP contribution in [-0.2, 0) is 11.2 Å². The van der Waals surface area contributed by atoms with Crippen molar-refractivity contribution < 1.29 is 4.79 Å². The molecule has 1 heterocycles. The van der Waals surface area contributed by atoms with E-state index >= 15 is 0 Å². The third-order valence-corrected chi connectivity index (χ3v) is 4.11. The Kier molecular flexibility index (Phi) is 4.89. The SMILES string of the molecule is O=C(CCCc1c[nH]c2ccccc12)Nc1cc(Cl)cc(Cl)c1. The number of hydrogen-bond acceptors (Lipinski definition) is 1. The minimum atomic E-state index is -0.0387. The van der Waals surface area contributed by atoms with Crippen LogP contribution in [-0.4, -0.2) is 10.9 Å². The summed E-state index contributed by atoms with van der Waals surface area (Å²) in [6.45, 7) is 0. The van der Waals surface area contributed by atoms with Crippen LogP contribution in [0.5, 0.6) is 0 Å². The van der Waals surface area contributed by atoms with Crippen molar-refractivity contribution in [2.24, 2.45) is 0 Å². The van der Waals surface area contributed by atoms with Crippen molar-refractivity contribution >= 4 is 45.7 Å². The van der Waals surface area contributed by atoms with Crippen LogP contribution in [0.15, 0.2) is 48.7 Å². The van der Waals surface area contributed by atoms with Gasteiger partial charge in [0, 0.05) is 39.3 Å². The molecule has 2 aromatic carbocycles. The topological polar surface area (TPSA) is 44.9 Å². The zero-order valence-corrected chi connectivity index (χ0v) is 13.9. The maximum absolute atomic E-state index is 12.0. The third kappa shape index (κ3) is 4.06. The van der Waals surface area contributed by atoms with E-state index < -0.39 is 0 Å². The molecule has 0 aliphatic rings. The first-order valence-corrected chi connectivity index (χ1v) is 8.18. The molecule has 118 valence electrons. The van der Waals surface area contributed by atoms with Gasteiger partial charge < -0.3 is 10.3 Å². The zero-order chi connectivity index (χ0) is 16.2. The van der Waals surface area contributed by atoms with Crippen LogP contribution in [0, 0.1) is 0 Å². The number of hydrogen-bond donors (Lipinski definition) is 2. The molecular weight excluding hydrogens is 331 g/mol. The predicted molar refractivity (Wildman–Crippen MR) is 96.3 cm³/mol. The Morgan fingerprint density at radius 1 is 1.09 bits per heavy atom. The van der Waals surface area contributed by atoms with Gasteiger partial charge in [-0.3, -0.25) is 4.79 Å². The average molecular weight is 347 g/mol. The van der Waals surface area contributed by atoms with E-state index in [1.807, 2.05) is 18.3 Å². The average Bonchev–Trinajstić information content (AvgIpc) is 2.90. The lowest BCUT2D eigenvalue weighted by molar-refractivity contribution is -0.116. The van der Waals surface area contributed by atoms with E-state index in [4.69, 9.17) is 23.2 Å². The highest BCUT2D eigenvalue weighted by Crippen LogP contribution is 2.23. The number of H-pyrrole nitrogens is 1. The second-order valence-electron chi connectivity index (χ2n) is 5.42. The molecular formula is C18H16Cl2N2O. The number of amides is 1. The highest BCUT2D eigenvalue weighted by molar-refractivity contribution is 6.35. The normalized spacial score (nSPS) is 10.9. The lowest BCUT2D eigenvalue weighted by Gasteiger charge is -2.06. The molecule has 0 aliphatic carbocycles. The number of aromatic amines is 1. The van der Waals surface area contributed by atoms with Crippen molar-refractivity contribution in [2.45, 2.75) is 19.3 Å². The number of para-hydroxylation sites is 1. The van der Waals surface area contributed by atoms with Gasteiger partial charge in [-0.2, -0.15) is 0 Å². The summed E-state index contributed by atoms with van der Waals surface area (Å²) in [5.41, 5.74) is 2.99. The van der Waals surface area contributed by atoms with E-state index in [-0.39, 0.29) is 5.91 Å². The van der Waals surface area contributed by atoms with Crippen LogP contribution >= 0.6 is 23.2 Å². The molecule has 0 unspecified atom stereocenters. The van der Waals surface area contributed by atoms with E-state index in [1.54, 1.807) is 18.2 Å². The minimum Gasteiger partial charge on any atom is -0.361 e. The van der Waals surface area contributed by atoms with Gasteiger partial charge in [-0.25, -0.2) is 0 Å². The van der Waals surface area contributed by atoms with Crippen molar-refractivity contribution in [3.63, 3.8) is 0 Å². The van der Waals surface area contributed by atoms with Crippen LogP contribution in [0.2, 0.25) is 10.0 Å². The van der Waals surface area contributed by atoms with Gasteiger partial charge in [-0.15, -0.1) is 0 Å². The molecule has 0 aliphatic heterocycles. The van der Waals surface area contributed by atoms with Crippen LogP contribution in [0.3, 0.4) is 0 Å². The quantitative estimate of drug-likeness (QED) is 0.634. The lowest BCUT2D eigenvalue weighted by Crippen LogP contribution is -2.11. The maximum atomic E-state index is 12.0. The molecule has 0 saturated heterocycles. The number of carbonyl (C=O) groups is 1. The number of benzene rings is 2. The highest BCUT2D eigenvalue weighted by atomic mass is 35.5. The van der Waals surface area contributed by atoms with Crippen LogP contribution < -0.4 is 5.32 Å². The summed E-state index contributed by atoms with van der Waals surface area (Å²) in [6, 6.07) is 13.2. The standard InChI is InChI=1S/C18H16Cl2N2O/c19-13-8-14(20)10-15(9-13)22-18(23)7-3-4-12-11-21-17-6-2-1-5-16(12)17/h1-2,5-6,8-11,21H,3-4,7H2,(H,22,23). The van der Waals surface area contributed by atoms with Crippen molar-refractivity contribution in [3.8, 4) is 0 Å². The zero-order valence-electron chi connectivity index (χ0n) is 12.4. The van der Waals surface area contributed by atoms with Gasteiger partial charge >= 0.3 is 0 Å². The molecule has 3 rings (SSSR count). The van der Waals surface area contributed by atoms with Crippen LogP contribution in [0.1, 0.15) is 18.4 Å². The Bertz CT molecular complexity index is 822. The molecule has 2 N–H and O–H groups in total. The van der Waals surface area contributed by atoms with E-state index in [1.165, 1.54) is 10.9 Å². The fourth-order valence-corrected chi connectivity index (χ4v) is 3.15. The fraction of sp³-hybridized carbons (Fsp3) is 0.167. The summed E-state index contributed by atoms with van der Waals surface area (Å²) in [5, 5.41) is 5.05. The number of nitrogens with one attached hydrogen (secondary N) is 2. The van der Waals surface area contributed by atoms with Gasteiger partial charge in [0.15, 0.2) is 0 Å². The van der Waals surface area contributed by atoms with Gasteiger partial charge in [0.2, 0.25) is 5.91 Å². The molecule has 0 radical (unpaired) electrons. The number of aromatic nitrogens is 1. The third-order valence-electron chi connectivity index (χ3n) is 3.67. The number of rotatable bonds is 5. The second-order valence-corrected chi connectivity index (χ2v) is 6.29. The molecule has 0 bridgehead atoms. The van der Waals surface area contributed by atoms with Crippen LogP contribution in [0.4, 0.5) is 5.69 Å². The lowest BCUT2D eigenvalue weighted by atomic mass is 10.1. The monoisotopic (exact) mass is 346 g/mol. The molecule has 1 amide bonds. The summed E-state index contributed by atoms with van der Waals surface area (Å²) >= 11 is 11.8. The summed E-state index contributed by atoms with van der Waals surface area (Å²) in [7, 11) is 0. The highest BCUT2D eigenvalue weighted by Gasteiger charge is 2.07. The Morgan fingerprint density at radius 3 is 2.61 bits per heavy atom. The first-order valence-electron chi connectivity index (χ1n) is 7.43. The van der Waals surface area contributed by atoms with Crippen molar-refractivity contribution in [2.75, 3.05) is 5.32 Å². The molecule has 3 aromatic rings. The van der Waals surface area contributed by atoms with Gasteiger partial charge in [-0.1, -0.05) is 41.4 Å². The fourth-order valence-electron chi connectivity index (χ4n) is 2.63. The first-order chi connectivity index (χ1) is 11.1. The number of anilines is 1. The Labute approximate surface area is 144 Å². The van der Waals surface area contributed by atoms with Gasteiger partial charge in [0.05, 0.1) is 0 Å². The molecule has 0 atom stereocenters. The Balaban J connectivity index is 1.55. The summed E-state index contributed by atoms with van der Waals surface area (Å²) in [5.74, 6) is -0.0387. The molecule has 23 heavy (non-hydrogen) atoms. The molecule has 0 spiro atoms. The van der Waals surface area contributed by atoms with Crippen molar-refractivity contribution in [3.05, 3.63) is 64.3 Å². The van der Waals surface area contributed by atoms with E-state index in [0.29, 0.717) is 22.2 Å². The van der Waals surface area contributed by atoms with Crippen molar-refractivity contribution in [1.82, 2.24) is 4.98 Å². The minimum absolute atomic E-state index is 0.0387. The van der Waals surface area contributed by atoms with Gasteiger partial charge in [0.1, 0.15) is 0 Å². The molecule has 0 fully saturated rings. The molecule has 1 aromatic heterocycles. The number of aryl methyl sites for hydroxylation is 1. The Morgan fingerprint density at radius 2 is 1.83 bits per heavy atom. The largest absolute Gasteiger partial charge is 0.361 e. The maximum Gasteiger partial charge on any atom is 0.224 e. The predicted octanol–water partition coefficient (Wildman–Crippen LogP) is 5.44. The number of halogens is 2. The Hall–Kier alpha value is -1.97. The van der Waals surface area contributed by atoms with Crippen LogP contribution in [0.25, 0.3) is 10.9 Å². The van der Waals surface area contributed by atoms with Gasteiger partial charge in [-0.05, 0) is 42.7 Å². The van der Waals surface area contributed by atoms with E-state index in [2.05, 4.69) is 22.4 Å². The second kappa shape index (κ2) is 7.07. The molecule has 3 nitrogen and oxygen atoms in total. The van der Waals surface area contributed by atoms with E-state index in [0.717, 1.165) is 18.4 Å². The smallest absolute Gasteiger partial charge is 0.224 e.